The molecule has 2 amide bonds. The van der Waals surface area contributed by atoms with Crippen molar-refractivity contribution in [2.45, 2.75) is 24.4 Å². The Hall–Kier alpha value is -2.89. The van der Waals surface area contributed by atoms with Gasteiger partial charge in [-0.25, -0.2) is 9.78 Å². The van der Waals surface area contributed by atoms with E-state index in [4.69, 9.17) is 11.5 Å². The second kappa shape index (κ2) is 7.74. The lowest BCUT2D eigenvalue weighted by molar-refractivity contribution is -0.150. The van der Waals surface area contributed by atoms with E-state index < -0.39 is 35.2 Å². The van der Waals surface area contributed by atoms with Crippen LogP contribution in [0.2, 0.25) is 0 Å². The fourth-order valence-electron chi connectivity index (χ4n) is 3.52. The van der Waals surface area contributed by atoms with Crippen molar-refractivity contribution in [1.82, 2.24) is 15.2 Å². The van der Waals surface area contributed by atoms with E-state index in [9.17, 15) is 19.5 Å². The zero-order valence-electron chi connectivity index (χ0n) is 15.9. The molecule has 0 radical (unpaired) electrons. The van der Waals surface area contributed by atoms with Gasteiger partial charge in [0.2, 0.25) is 5.91 Å². The lowest BCUT2D eigenvalue weighted by Gasteiger charge is -2.49. The third-order valence-electron chi connectivity index (χ3n) is 4.94. The fraction of sp³-hybridized carbons (Fsp3) is 0.263. The van der Waals surface area contributed by atoms with E-state index in [1.165, 1.54) is 28.0 Å². The van der Waals surface area contributed by atoms with Gasteiger partial charge in [-0.1, -0.05) is 29.6 Å². The standard InChI is InChI=1S/C19H19N5O4S2/c1-2-3-9-7-29-17-13(16(26)24(17)14(9)18(27)28)23-15(25)12(20)8-4-5-10-11(6-8)30-19(21)22-10/h2-6,12-13,17H,7,20H2,1H3,(H2,21,22)(H,23,25)(H,27,28)/b3-2-/t12-,13-,17-/m1/s1. The number of nitrogen functional groups attached to an aromatic ring is 1. The maximum Gasteiger partial charge on any atom is 0.352 e. The summed E-state index contributed by atoms with van der Waals surface area (Å²) in [6.45, 7) is 1.78. The van der Waals surface area contributed by atoms with Crippen LogP contribution in [0.3, 0.4) is 0 Å². The van der Waals surface area contributed by atoms with Gasteiger partial charge in [-0.15, -0.1) is 11.8 Å². The Bertz CT molecular complexity index is 1130. The number of thioether (sulfide) groups is 1. The molecule has 0 saturated carbocycles. The van der Waals surface area contributed by atoms with Gasteiger partial charge in [-0.3, -0.25) is 14.5 Å². The average molecular weight is 446 g/mol. The van der Waals surface area contributed by atoms with Crippen molar-refractivity contribution in [2.24, 2.45) is 5.73 Å². The van der Waals surface area contributed by atoms with Crippen LogP contribution >= 0.6 is 23.1 Å². The number of fused-ring (bicyclic) bond motifs is 2. The van der Waals surface area contributed by atoms with Crippen LogP contribution in [0.4, 0.5) is 5.13 Å². The molecule has 2 aliphatic heterocycles. The number of nitrogens with one attached hydrogen (secondary N) is 1. The molecule has 11 heteroatoms. The van der Waals surface area contributed by atoms with Crippen molar-refractivity contribution in [3.05, 3.63) is 47.2 Å². The predicted molar refractivity (Wildman–Crippen MR) is 115 cm³/mol. The Morgan fingerprint density at radius 2 is 2.20 bits per heavy atom. The Labute approximate surface area is 179 Å². The van der Waals surface area contributed by atoms with Crippen LogP contribution in [0.25, 0.3) is 10.2 Å². The van der Waals surface area contributed by atoms with Gasteiger partial charge in [-0.2, -0.15) is 0 Å². The summed E-state index contributed by atoms with van der Waals surface area (Å²) in [6.07, 6.45) is 3.42. The Morgan fingerprint density at radius 3 is 2.90 bits per heavy atom. The minimum Gasteiger partial charge on any atom is -0.477 e. The Morgan fingerprint density at radius 1 is 1.43 bits per heavy atom. The van der Waals surface area contributed by atoms with Crippen molar-refractivity contribution in [2.75, 3.05) is 11.5 Å². The molecule has 1 aromatic heterocycles. The van der Waals surface area contributed by atoms with Crippen molar-refractivity contribution in [1.29, 1.82) is 0 Å². The third-order valence-corrected chi connectivity index (χ3v) is 7.09. The van der Waals surface area contributed by atoms with Crippen LogP contribution in [-0.2, 0) is 14.4 Å². The number of amides is 2. The number of nitrogens with two attached hydrogens (primary N) is 2. The molecule has 4 rings (SSSR count). The summed E-state index contributed by atoms with van der Waals surface area (Å²) < 4.78 is 0.815. The molecule has 0 unspecified atom stereocenters. The highest BCUT2D eigenvalue weighted by Gasteiger charge is 2.54. The summed E-state index contributed by atoms with van der Waals surface area (Å²) in [7, 11) is 0. The van der Waals surface area contributed by atoms with Gasteiger partial charge in [-0.05, 0) is 30.2 Å². The monoisotopic (exact) mass is 445 g/mol. The molecule has 3 atom stereocenters. The van der Waals surface area contributed by atoms with Crippen molar-refractivity contribution < 1.29 is 19.5 Å². The van der Waals surface area contributed by atoms with E-state index in [1.54, 1.807) is 37.3 Å². The number of benzene rings is 1. The first-order valence-corrected chi connectivity index (χ1v) is 10.9. The van der Waals surface area contributed by atoms with Gasteiger partial charge < -0.3 is 21.9 Å². The van der Waals surface area contributed by atoms with E-state index in [0.717, 1.165) is 10.2 Å². The van der Waals surface area contributed by atoms with Crippen molar-refractivity contribution >= 4 is 56.2 Å². The van der Waals surface area contributed by atoms with Crippen LogP contribution in [0, 0.1) is 0 Å². The topological polar surface area (TPSA) is 152 Å². The molecule has 0 bridgehead atoms. The van der Waals surface area contributed by atoms with Gasteiger partial charge in [0.05, 0.1) is 10.2 Å². The van der Waals surface area contributed by atoms with Crippen LogP contribution in [0.1, 0.15) is 18.5 Å². The minimum atomic E-state index is -1.17. The van der Waals surface area contributed by atoms with Crippen LogP contribution in [0.15, 0.2) is 41.6 Å². The molecular formula is C19H19N5O4S2. The first-order chi connectivity index (χ1) is 14.3. The lowest BCUT2D eigenvalue weighted by Crippen LogP contribution is -2.71. The molecule has 0 spiro atoms. The quantitative estimate of drug-likeness (QED) is 0.501. The largest absolute Gasteiger partial charge is 0.477 e. The number of carboxylic acid groups (broad SMARTS) is 1. The Kier molecular flexibility index (Phi) is 5.26. The molecule has 2 aromatic rings. The SMILES string of the molecule is C/C=C\C1=C(C(=O)O)N2C(=O)[C@@H](NC(=O)[C@H](N)c3ccc4nc(N)sc4c3)[C@H]2SC1. The summed E-state index contributed by atoms with van der Waals surface area (Å²) in [6, 6.07) is 3.39. The maximum atomic E-state index is 12.7. The molecule has 3 heterocycles. The highest BCUT2D eigenvalue weighted by atomic mass is 32.2. The molecule has 1 saturated heterocycles. The van der Waals surface area contributed by atoms with Crippen LogP contribution in [0.5, 0.6) is 0 Å². The summed E-state index contributed by atoms with van der Waals surface area (Å²) in [4.78, 5) is 42.4. The predicted octanol–water partition coefficient (Wildman–Crippen LogP) is 1.19. The summed E-state index contributed by atoms with van der Waals surface area (Å²) in [5.74, 6) is -1.70. The average Bonchev–Trinajstić information content (AvgIpc) is 3.09. The number of thiazole rings is 1. The van der Waals surface area contributed by atoms with Gasteiger partial charge in [0.25, 0.3) is 5.91 Å². The van der Waals surface area contributed by atoms with Crippen molar-refractivity contribution in [3.63, 3.8) is 0 Å². The highest BCUT2D eigenvalue weighted by Crippen LogP contribution is 2.40. The van der Waals surface area contributed by atoms with E-state index in [-0.39, 0.29) is 5.70 Å². The smallest absolute Gasteiger partial charge is 0.352 e. The lowest BCUT2D eigenvalue weighted by atomic mass is 10.0. The van der Waals surface area contributed by atoms with E-state index in [1.807, 2.05) is 0 Å². The number of carbonyl (C=O) groups is 3. The fourth-order valence-corrected chi connectivity index (χ4v) is 5.62. The molecule has 9 nitrogen and oxygen atoms in total. The molecule has 156 valence electrons. The van der Waals surface area contributed by atoms with E-state index in [2.05, 4.69) is 10.3 Å². The zero-order chi connectivity index (χ0) is 21.6. The minimum absolute atomic E-state index is 0.0371. The van der Waals surface area contributed by atoms with Crippen LogP contribution in [-0.4, -0.2) is 49.9 Å². The number of hydrogen-bond donors (Lipinski definition) is 4. The molecule has 0 aliphatic carbocycles. The number of nitrogens with zero attached hydrogens (tertiary/aromatic N) is 2. The molecule has 6 N–H and O–H groups in total. The first kappa shape index (κ1) is 20.4. The third kappa shape index (κ3) is 3.34. The number of allylic oxidation sites excluding steroid dienone is 2. The summed E-state index contributed by atoms with van der Waals surface area (Å²) in [5.41, 5.74) is 13.6. The van der Waals surface area contributed by atoms with Crippen LogP contribution < -0.4 is 16.8 Å². The van der Waals surface area contributed by atoms with E-state index >= 15 is 0 Å². The first-order valence-electron chi connectivity index (χ1n) is 9.07. The normalized spacial score (nSPS) is 22.2. The number of rotatable bonds is 5. The van der Waals surface area contributed by atoms with Gasteiger partial charge in [0, 0.05) is 5.75 Å². The number of carboxylic acids is 1. The maximum absolute atomic E-state index is 12.7. The van der Waals surface area contributed by atoms with Crippen molar-refractivity contribution in [3.8, 4) is 0 Å². The summed E-state index contributed by atoms with van der Waals surface area (Å²) >= 11 is 2.70. The highest BCUT2D eigenvalue weighted by molar-refractivity contribution is 8.00. The second-order valence-corrected chi connectivity index (χ2v) is 9.00. The molecular weight excluding hydrogens is 426 g/mol. The number of aromatic nitrogens is 1. The molecule has 1 aromatic carbocycles. The summed E-state index contributed by atoms with van der Waals surface area (Å²) in [5, 5.41) is 12.2. The number of anilines is 1. The van der Waals surface area contributed by atoms with Gasteiger partial charge in [0.15, 0.2) is 5.13 Å². The molecule has 1 fully saturated rings. The number of carbonyl (C=O) groups excluding carboxylic acids is 2. The molecule has 2 aliphatic rings. The number of β-lactam (4-membered cyclic amide) rings is 1. The zero-order valence-corrected chi connectivity index (χ0v) is 17.5. The number of hydrogen-bond acceptors (Lipinski definition) is 8. The van der Waals surface area contributed by atoms with Gasteiger partial charge in [0.1, 0.15) is 23.2 Å². The Balaban J connectivity index is 1.50. The number of aliphatic carboxylic acids is 1. The van der Waals surface area contributed by atoms with Gasteiger partial charge >= 0.3 is 5.97 Å². The second-order valence-electron chi connectivity index (χ2n) is 6.83. The molecule has 30 heavy (non-hydrogen) atoms. The van der Waals surface area contributed by atoms with E-state index in [0.29, 0.717) is 22.0 Å².